The van der Waals surface area contributed by atoms with Crippen molar-refractivity contribution in [1.82, 2.24) is 20.2 Å². The normalized spacial score (nSPS) is 12.1. The van der Waals surface area contributed by atoms with E-state index in [2.05, 4.69) is 51.3 Å². The summed E-state index contributed by atoms with van der Waals surface area (Å²) in [7, 11) is 3.83. The zero-order chi connectivity index (χ0) is 16.2. The molecule has 0 bridgehead atoms. The Bertz CT molecular complexity index is 666. The first kappa shape index (κ1) is 20.1. The van der Waals surface area contributed by atoms with Crippen LogP contribution in [0.25, 0.3) is 11.0 Å². The Morgan fingerprint density at radius 3 is 2.61 bits per heavy atom. The molecule has 0 aliphatic carbocycles. The minimum absolute atomic E-state index is 0. The average molecular weight is 447 g/mol. The van der Waals surface area contributed by atoms with Gasteiger partial charge in [0.05, 0.1) is 17.6 Å². The predicted octanol–water partition coefficient (Wildman–Crippen LogP) is 3.00. The Kier molecular flexibility index (Phi) is 7.66. The minimum Gasteiger partial charge on any atom is -0.355 e. The molecule has 0 radical (unpaired) electrons. The number of halogens is 1. The third-order valence-corrected chi connectivity index (χ3v) is 5.00. The van der Waals surface area contributed by atoms with E-state index in [0.29, 0.717) is 6.54 Å². The Morgan fingerprint density at radius 1 is 1.30 bits per heavy atom. The zero-order valence-corrected chi connectivity index (χ0v) is 17.5. The summed E-state index contributed by atoms with van der Waals surface area (Å²) in [6.07, 6.45) is 2.12. The van der Waals surface area contributed by atoms with Crippen LogP contribution in [0.4, 0.5) is 0 Å². The number of rotatable bonds is 5. The molecule has 23 heavy (non-hydrogen) atoms. The Balaban J connectivity index is 0.00000264. The lowest BCUT2D eigenvalue weighted by Crippen LogP contribution is -2.43. The number of hydrogen-bond acceptors (Lipinski definition) is 3. The van der Waals surface area contributed by atoms with E-state index in [1.807, 2.05) is 37.0 Å². The second kappa shape index (κ2) is 8.77. The van der Waals surface area contributed by atoms with E-state index < -0.39 is 0 Å². The summed E-state index contributed by atoms with van der Waals surface area (Å²) in [6.45, 7) is 5.92. The molecule has 1 aromatic heterocycles. The molecule has 0 aliphatic heterocycles. The van der Waals surface area contributed by atoms with Crippen LogP contribution in [0.3, 0.4) is 0 Å². The number of aromatic nitrogens is 2. The molecule has 128 valence electrons. The molecule has 0 fully saturated rings. The molecule has 1 heterocycles. The molecule has 1 aromatic carbocycles. The van der Waals surface area contributed by atoms with Crippen LogP contribution in [0.5, 0.6) is 0 Å². The van der Waals surface area contributed by atoms with Gasteiger partial charge < -0.3 is 15.2 Å². The average Bonchev–Trinajstić information content (AvgIpc) is 2.84. The van der Waals surface area contributed by atoms with Gasteiger partial charge >= 0.3 is 0 Å². The second-order valence-electron chi connectivity index (χ2n) is 5.82. The number of aliphatic imine (C=N–C) groups is 1. The highest BCUT2D eigenvalue weighted by Crippen LogP contribution is 2.19. The maximum absolute atomic E-state index is 4.66. The summed E-state index contributed by atoms with van der Waals surface area (Å²) in [6, 6.07) is 8.16. The quantitative estimate of drug-likeness (QED) is 0.421. The number of para-hydroxylation sites is 2. The molecule has 0 aliphatic rings. The van der Waals surface area contributed by atoms with Crippen molar-refractivity contribution < 1.29 is 0 Å². The third-order valence-electron chi connectivity index (χ3n) is 3.75. The van der Waals surface area contributed by atoms with Crippen molar-refractivity contribution in [1.29, 1.82) is 0 Å². The van der Waals surface area contributed by atoms with E-state index in [9.17, 15) is 0 Å². The Hall–Kier alpha value is -0.960. The summed E-state index contributed by atoms with van der Waals surface area (Å²) >= 11 is 1.84. The van der Waals surface area contributed by atoms with Gasteiger partial charge in [-0.2, -0.15) is 11.8 Å². The highest BCUT2D eigenvalue weighted by atomic mass is 127. The monoisotopic (exact) mass is 447 g/mol. The number of aryl methyl sites for hydroxylation is 1. The number of guanidine groups is 1. The van der Waals surface area contributed by atoms with Crippen LogP contribution >= 0.6 is 35.7 Å². The van der Waals surface area contributed by atoms with Crippen molar-refractivity contribution in [3.8, 4) is 0 Å². The third kappa shape index (κ3) is 5.27. The maximum atomic E-state index is 4.66. The Labute approximate surface area is 159 Å². The van der Waals surface area contributed by atoms with Gasteiger partial charge in [0, 0.05) is 25.4 Å². The van der Waals surface area contributed by atoms with E-state index in [-0.39, 0.29) is 28.7 Å². The van der Waals surface area contributed by atoms with Crippen LogP contribution in [0, 0.1) is 0 Å². The van der Waals surface area contributed by atoms with Gasteiger partial charge in [0.1, 0.15) is 5.82 Å². The fourth-order valence-electron chi connectivity index (χ4n) is 2.11. The molecule has 2 aromatic rings. The van der Waals surface area contributed by atoms with Crippen LogP contribution in [0.2, 0.25) is 0 Å². The van der Waals surface area contributed by atoms with E-state index in [1.165, 1.54) is 0 Å². The summed E-state index contributed by atoms with van der Waals surface area (Å²) in [5, 5.41) is 6.70. The summed E-state index contributed by atoms with van der Waals surface area (Å²) < 4.78 is 2.29. The van der Waals surface area contributed by atoms with Crippen molar-refractivity contribution in [3.63, 3.8) is 0 Å². The first-order valence-corrected chi connectivity index (χ1v) is 8.59. The maximum Gasteiger partial charge on any atom is 0.191 e. The van der Waals surface area contributed by atoms with Crippen molar-refractivity contribution in [2.45, 2.75) is 25.1 Å². The van der Waals surface area contributed by atoms with Crippen molar-refractivity contribution in [2.24, 2.45) is 12.0 Å². The topological polar surface area (TPSA) is 54.2 Å². The first-order valence-electron chi connectivity index (χ1n) is 7.37. The summed E-state index contributed by atoms with van der Waals surface area (Å²) in [5.74, 6) is 1.79. The summed E-state index contributed by atoms with van der Waals surface area (Å²) in [4.78, 5) is 8.93. The predicted molar refractivity (Wildman–Crippen MR) is 112 cm³/mol. The number of nitrogens with one attached hydrogen (secondary N) is 2. The molecule has 0 spiro atoms. The SMILES string of the molecule is CN=C(NCc1nc2ccccc2n1C)NCC(C)(C)SC.I. The number of fused-ring (bicyclic) bond motifs is 1. The fourth-order valence-corrected chi connectivity index (χ4v) is 2.32. The number of imidazole rings is 1. The van der Waals surface area contributed by atoms with Crippen LogP contribution in [-0.4, -0.2) is 40.1 Å². The number of hydrogen-bond donors (Lipinski definition) is 2. The van der Waals surface area contributed by atoms with Gasteiger partial charge in [-0.3, -0.25) is 4.99 Å². The van der Waals surface area contributed by atoms with Crippen LogP contribution in [-0.2, 0) is 13.6 Å². The lowest BCUT2D eigenvalue weighted by atomic mass is 10.2. The molecule has 5 nitrogen and oxygen atoms in total. The number of benzene rings is 1. The van der Waals surface area contributed by atoms with Gasteiger partial charge in [0.25, 0.3) is 0 Å². The second-order valence-corrected chi connectivity index (χ2v) is 7.33. The van der Waals surface area contributed by atoms with Gasteiger partial charge in [0.15, 0.2) is 5.96 Å². The molecule has 0 unspecified atom stereocenters. The van der Waals surface area contributed by atoms with Crippen molar-refractivity contribution in [2.75, 3.05) is 19.8 Å². The van der Waals surface area contributed by atoms with Crippen LogP contribution < -0.4 is 10.6 Å². The largest absolute Gasteiger partial charge is 0.355 e. The van der Waals surface area contributed by atoms with Crippen LogP contribution in [0.15, 0.2) is 29.3 Å². The molecule has 7 heteroatoms. The van der Waals surface area contributed by atoms with Crippen molar-refractivity contribution in [3.05, 3.63) is 30.1 Å². The van der Waals surface area contributed by atoms with E-state index >= 15 is 0 Å². The van der Waals surface area contributed by atoms with Gasteiger partial charge in [0.2, 0.25) is 0 Å². The molecule has 0 atom stereocenters. The molecular weight excluding hydrogens is 421 g/mol. The zero-order valence-electron chi connectivity index (χ0n) is 14.4. The standard InChI is InChI=1S/C16H25N5S.HI/c1-16(2,22-5)11-19-15(17-3)18-10-14-20-12-8-6-7-9-13(12)21(14)4;/h6-9H,10-11H2,1-5H3,(H2,17,18,19);1H. The van der Waals surface area contributed by atoms with E-state index in [4.69, 9.17) is 0 Å². The Morgan fingerprint density at radius 2 is 2.00 bits per heavy atom. The number of thioether (sulfide) groups is 1. The van der Waals surface area contributed by atoms with Gasteiger partial charge in [-0.15, -0.1) is 24.0 Å². The highest BCUT2D eigenvalue weighted by Gasteiger charge is 2.16. The molecular formula is C16H26IN5S. The highest BCUT2D eigenvalue weighted by molar-refractivity contribution is 14.0. The van der Waals surface area contributed by atoms with E-state index in [0.717, 1.165) is 29.4 Å². The molecule has 2 rings (SSSR count). The lowest BCUT2D eigenvalue weighted by Gasteiger charge is -2.23. The van der Waals surface area contributed by atoms with Gasteiger partial charge in [-0.05, 0) is 32.2 Å². The minimum atomic E-state index is 0. The van der Waals surface area contributed by atoms with Crippen LogP contribution in [0.1, 0.15) is 19.7 Å². The molecule has 2 N–H and O–H groups in total. The summed E-state index contributed by atoms with van der Waals surface area (Å²) in [5.41, 5.74) is 2.17. The van der Waals surface area contributed by atoms with Crippen molar-refractivity contribution >= 4 is 52.7 Å². The lowest BCUT2D eigenvalue weighted by molar-refractivity contribution is 0.658. The first-order chi connectivity index (χ1) is 10.5. The van der Waals surface area contributed by atoms with Gasteiger partial charge in [-0.25, -0.2) is 4.98 Å². The van der Waals surface area contributed by atoms with E-state index in [1.54, 1.807) is 7.05 Å². The smallest absolute Gasteiger partial charge is 0.191 e. The number of nitrogens with zero attached hydrogens (tertiary/aromatic N) is 3. The fraction of sp³-hybridized carbons (Fsp3) is 0.500. The molecule has 0 saturated heterocycles. The van der Waals surface area contributed by atoms with Gasteiger partial charge in [-0.1, -0.05) is 12.1 Å². The molecule has 0 saturated carbocycles. The molecule has 0 amide bonds.